The molecule has 0 atom stereocenters. The number of hydrogen-bond donors (Lipinski definition) is 0. The van der Waals surface area contributed by atoms with Gasteiger partial charge in [0, 0.05) is 49.7 Å². The number of para-hydroxylation sites is 3. The van der Waals surface area contributed by atoms with Crippen molar-refractivity contribution < 1.29 is 13.3 Å². The summed E-state index contributed by atoms with van der Waals surface area (Å²) in [6, 6.07) is 67.7. The van der Waals surface area contributed by atoms with E-state index in [4.69, 9.17) is 18.2 Å². The van der Waals surface area contributed by atoms with E-state index in [0.29, 0.717) is 5.89 Å². The second kappa shape index (κ2) is 12.8. The molecule has 0 bridgehead atoms. The predicted octanol–water partition coefficient (Wildman–Crippen LogP) is 15.3. The molecule has 0 aliphatic heterocycles. The lowest BCUT2D eigenvalue weighted by atomic mass is 10.0. The Hall–Kier alpha value is -7.89. The highest BCUT2D eigenvalue weighted by molar-refractivity contribution is 6.07. The van der Waals surface area contributed by atoms with Gasteiger partial charge < -0.3 is 18.2 Å². The zero-order valence-corrected chi connectivity index (χ0v) is 31.1. The predicted molar refractivity (Wildman–Crippen MR) is 237 cm³/mol. The Morgan fingerprint density at radius 2 is 0.914 bits per heavy atom. The second-order valence-electron chi connectivity index (χ2n) is 14.8. The molecule has 5 nitrogen and oxygen atoms in total. The van der Waals surface area contributed by atoms with Gasteiger partial charge in [-0.15, -0.1) is 0 Å². The number of hydrogen-bond acceptors (Lipinski definition) is 5. The summed E-state index contributed by atoms with van der Waals surface area (Å²) in [7, 11) is 0. The summed E-state index contributed by atoms with van der Waals surface area (Å²) >= 11 is 0. The Morgan fingerprint density at radius 3 is 1.71 bits per heavy atom. The van der Waals surface area contributed by atoms with Crippen LogP contribution in [0.1, 0.15) is 0 Å². The van der Waals surface area contributed by atoms with E-state index in [1.165, 1.54) is 21.9 Å². The number of fused-ring (bicyclic) bond motifs is 8. The molecule has 272 valence electrons. The molecule has 0 saturated heterocycles. The first kappa shape index (κ1) is 32.4. The maximum absolute atomic E-state index is 6.37. The fraction of sp³-hybridized carbons (Fsp3) is 0. The Kier molecular flexibility index (Phi) is 7.16. The number of anilines is 3. The van der Waals surface area contributed by atoms with Crippen LogP contribution in [-0.2, 0) is 0 Å². The van der Waals surface area contributed by atoms with E-state index >= 15 is 0 Å². The fourth-order valence-corrected chi connectivity index (χ4v) is 8.43. The number of oxazole rings is 1. The lowest BCUT2D eigenvalue weighted by Crippen LogP contribution is -2.09. The van der Waals surface area contributed by atoms with Crippen molar-refractivity contribution in [3.05, 3.63) is 194 Å². The van der Waals surface area contributed by atoms with Gasteiger partial charge in [-0.05, 0) is 112 Å². The summed E-state index contributed by atoms with van der Waals surface area (Å²) in [6.07, 6.45) is 0. The Balaban J connectivity index is 0.931. The maximum Gasteiger partial charge on any atom is 0.227 e. The number of aromatic nitrogens is 1. The third kappa shape index (κ3) is 5.29. The molecule has 9 aromatic carbocycles. The van der Waals surface area contributed by atoms with Crippen molar-refractivity contribution in [2.45, 2.75) is 0 Å². The molecule has 0 radical (unpaired) electrons. The molecule has 0 fully saturated rings. The van der Waals surface area contributed by atoms with Gasteiger partial charge in [-0.2, -0.15) is 0 Å². The van der Waals surface area contributed by atoms with Crippen molar-refractivity contribution in [1.29, 1.82) is 0 Å². The standard InChI is InChI=1S/C53H32N2O3/c1-2-9-36-30-37(17-16-33(36)8-1)34-18-23-39(24-19-34)55(41-27-29-49-46(32-41)44-11-4-6-14-48(44)56-49)40-25-20-35(21-26-40)42-12-7-15-50-52(42)54-53(58-50)38-22-28-45-43-10-3-5-13-47(43)57-51(45)31-38/h1-32H. The highest BCUT2D eigenvalue weighted by atomic mass is 16.4. The highest BCUT2D eigenvalue weighted by Gasteiger charge is 2.18. The van der Waals surface area contributed by atoms with Crippen molar-refractivity contribution in [3.63, 3.8) is 0 Å². The smallest absolute Gasteiger partial charge is 0.227 e. The van der Waals surface area contributed by atoms with Gasteiger partial charge in [0.2, 0.25) is 5.89 Å². The van der Waals surface area contributed by atoms with E-state index in [1.807, 2.05) is 48.5 Å². The zero-order valence-electron chi connectivity index (χ0n) is 31.1. The SMILES string of the molecule is c1ccc2cc(-c3ccc(N(c4ccc(-c5cccc6oc(-c7ccc8c(c7)oc7ccccc78)nc56)cc4)c4ccc5oc6ccccc6c5c4)cc3)ccc2c1. The third-order valence-electron chi connectivity index (χ3n) is 11.3. The molecule has 58 heavy (non-hydrogen) atoms. The van der Waals surface area contributed by atoms with Crippen molar-refractivity contribution in [2.75, 3.05) is 4.90 Å². The monoisotopic (exact) mass is 744 g/mol. The first-order chi connectivity index (χ1) is 28.7. The van der Waals surface area contributed by atoms with Gasteiger partial charge in [0.1, 0.15) is 27.8 Å². The number of rotatable bonds is 6. The van der Waals surface area contributed by atoms with E-state index in [9.17, 15) is 0 Å². The summed E-state index contributed by atoms with van der Waals surface area (Å²) < 4.78 is 18.8. The van der Waals surface area contributed by atoms with Crippen LogP contribution in [0.5, 0.6) is 0 Å². The average molecular weight is 745 g/mol. The normalized spacial score (nSPS) is 11.8. The minimum atomic E-state index is 0.557. The minimum absolute atomic E-state index is 0.557. The first-order valence-electron chi connectivity index (χ1n) is 19.4. The molecule has 0 N–H and O–H groups in total. The largest absolute Gasteiger partial charge is 0.456 e. The average Bonchev–Trinajstić information content (AvgIpc) is 4.00. The van der Waals surface area contributed by atoms with Crippen molar-refractivity contribution in [3.8, 4) is 33.7 Å². The number of benzene rings is 9. The molecule has 3 aromatic heterocycles. The number of nitrogens with zero attached hydrogens (tertiary/aromatic N) is 2. The fourth-order valence-electron chi connectivity index (χ4n) is 8.43. The molecule has 0 aliphatic rings. The molecule has 0 unspecified atom stereocenters. The molecule has 0 aliphatic carbocycles. The first-order valence-corrected chi connectivity index (χ1v) is 19.4. The van der Waals surface area contributed by atoms with Crippen LogP contribution in [0.3, 0.4) is 0 Å². The van der Waals surface area contributed by atoms with Gasteiger partial charge in [0.15, 0.2) is 5.58 Å². The molecule has 5 heteroatoms. The van der Waals surface area contributed by atoms with Crippen LogP contribution < -0.4 is 4.90 Å². The molecular formula is C53H32N2O3. The van der Waals surface area contributed by atoms with Crippen LogP contribution in [0.15, 0.2) is 207 Å². The molecule has 12 rings (SSSR count). The third-order valence-corrected chi connectivity index (χ3v) is 11.3. The van der Waals surface area contributed by atoms with Gasteiger partial charge in [-0.3, -0.25) is 0 Å². The van der Waals surface area contributed by atoms with E-state index in [-0.39, 0.29) is 0 Å². The highest BCUT2D eigenvalue weighted by Crippen LogP contribution is 2.41. The van der Waals surface area contributed by atoms with Crippen LogP contribution >= 0.6 is 0 Å². The lowest BCUT2D eigenvalue weighted by Gasteiger charge is -2.26. The number of furan rings is 2. The summed E-state index contributed by atoms with van der Waals surface area (Å²) in [5, 5.41) is 6.81. The summed E-state index contributed by atoms with van der Waals surface area (Å²) in [5.41, 5.74) is 13.4. The Morgan fingerprint density at radius 1 is 0.328 bits per heavy atom. The Bertz CT molecular complexity index is 3520. The van der Waals surface area contributed by atoms with E-state index in [0.717, 1.165) is 88.7 Å². The molecular weight excluding hydrogens is 713 g/mol. The molecule has 0 saturated carbocycles. The van der Waals surface area contributed by atoms with Gasteiger partial charge in [-0.1, -0.05) is 109 Å². The molecule has 0 spiro atoms. The summed E-state index contributed by atoms with van der Waals surface area (Å²) in [6.45, 7) is 0. The van der Waals surface area contributed by atoms with Crippen molar-refractivity contribution in [1.82, 2.24) is 4.98 Å². The quantitative estimate of drug-likeness (QED) is 0.170. The van der Waals surface area contributed by atoms with Crippen LogP contribution in [0.2, 0.25) is 0 Å². The van der Waals surface area contributed by atoms with Crippen LogP contribution in [0.4, 0.5) is 17.1 Å². The van der Waals surface area contributed by atoms with Gasteiger partial charge in [0.05, 0.1) is 0 Å². The second-order valence-corrected chi connectivity index (χ2v) is 14.8. The van der Waals surface area contributed by atoms with E-state index < -0.39 is 0 Å². The molecule has 12 aromatic rings. The van der Waals surface area contributed by atoms with Crippen molar-refractivity contribution in [2.24, 2.45) is 0 Å². The molecule has 3 heterocycles. The van der Waals surface area contributed by atoms with Gasteiger partial charge in [-0.25, -0.2) is 4.98 Å². The summed E-state index contributed by atoms with van der Waals surface area (Å²) in [5.74, 6) is 0.557. The summed E-state index contributed by atoms with van der Waals surface area (Å²) in [4.78, 5) is 7.35. The Labute approximate surface area is 332 Å². The zero-order chi connectivity index (χ0) is 38.2. The maximum atomic E-state index is 6.37. The van der Waals surface area contributed by atoms with Crippen LogP contribution in [0, 0.1) is 0 Å². The van der Waals surface area contributed by atoms with Gasteiger partial charge in [0.25, 0.3) is 0 Å². The van der Waals surface area contributed by atoms with E-state index in [2.05, 4.69) is 150 Å². The minimum Gasteiger partial charge on any atom is -0.456 e. The van der Waals surface area contributed by atoms with Crippen LogP contribution in [-0.4, -0.2) is 4.98 Å². The molecule has 0 amide bonds. The van der Waals surface area contributed by atoms with Crippen LogP contribution in [0.25, 0.3) is 99.5 Å². The topological polar surface area (TPSA) is 55.6 Å². The van der Waals surface area contributed by atoms with E-state index in [1.54, 1.807) is 0 Å². The van der Waals surface area contributed by atoms with Gasteiger partial charge >= 0.3 is 0 Å². The van der Waals surface area contributed by atoms with Crippen molar-refractivity contribution >= 4 is 82.8 Å². The lowest BCUT2D eigenvalue weighted by molar-refractivity contribution is 0.619.